The van der Waals surface area contributed by atoms with E-state index in [9.17, 15) is 14.9 Å². The Labute approximate surface area is 135 Å². The second-order valence-corrected chi connectivity index (χ2v) is 6.06. The number of nitro groups is 1. The van der Waals surface area contributed by atoms with Gasteiger partial charge >= 0.3 is 17.6 Å². The Morgan fingerprint density at radius 2 is 2.21 bits per heavy atom. The van der Waals surface area contributed by atoms with E-state index in [4.69, 9.17) is 9.15 Å². The van der Waals surface area contributed by atoms with Crippen LogP contribution in [0.3, 0.4) is 0 Å². The zero-order chi connectivity index (χ0) is 16.9. The highest BCUT2D eigenvalue weighted by Crippen LogP contribution is 2.33. The van der Waals surface area contributed by atoms with Gasteiger partial charge in [0.2, 0.25) is 0 Å². The van der Waals surface area contributed by atoms with E-state index in [0.717, 1.165) is 5.52 Å². The number of aryl methyl sites for hydroxylation is 1. The fourth-order valence-electron chi connectivity index (χ4n) is 2.99. The van der Waals surface area contributed by atoms with Gasteiger partial charge in [-0.1, -0.05) is 12.1 Å². The second kappa shape index (κ2) is 4.95. The molecule has 9 nitrogen and oxygen atoms in total. The third-order valence-electron chi connectivity index (χ3n) is 4.19. The lowest BCUT2D eigenvalue weighted by Gasteiger charge is -2.21. The maximum Gasteiger partial charge on any atom is 0.419 e. The van der Waals surface area contributed by atoms with Crippen LogP contribution in [-0.4, -0.2) is 24.6 Å². The van der Waals surface area contributed by atoms with Crippen LogP contribution < -0.4 is 10.5 Å². The van der Waals surface area contributed by atoms with Crippen molar-refractivity contribution in [2.75, 3.05) is 0 Å². The molecule has 1 aliphatic rings. The highest BCUT2D eigenvalue weighted by Gasteiger charge is 2.40. The number of nitrogens with zero attached hydrogens (tertiary/aromatic N) is 4. The van der Waals surface area contributed by atoms with Crippen molar-refractivity contribution in [1.29, 1.82) is 0 Å². The highest BCUT2D eigenvalue weighted by molar-refractivity contribution is 5.72. The van der Waals surface area contributed by atoms with E-state index in [-0.39, 0.29) is 11.8 Å². The van der Waals surface area contributed by atoms with Crippen LogP contribution in [0, 0.1) is 10.1 Å². The molecule has 0 fully saturated rings. The Kier molecular flexibility index (Phi) is 2.99. The van der Waals surface area contributed by atoms with E-state index in [1.165, 1.54) is 6.20 Å². The molecule has 2 aromatic heterocycles. The van der Waals surface area contributed by atoms with Crippen LogP contribution in [0.5, 0.6) is 6.01 Å². The van der Waals surface area contributed by atoms with E-state index in [1.807, 2.05) is 25.1 Å². The summed E-state index contributed by atoms with van der Waals surface area (Å²) in [5.41, 5.74) is 0.691. The first-order chi connectivity index (χ1) is 11.5. The standard InChI is InChI=1S/C15H14N4O5/c1-15(9-17-8-12(19(21)22)16-13(17)24-15)6-7-18-10-4-2-3-5-11(10)23-14(18)20/h2-5,8H,6-7,9H2,1H3. The van der Waals surface area contributed by atoms with E-state index in [1.54, 1.807) is 15.2 Å². The molecule has 9 heteroatoms. The van der Waals surface area contributed by atoms with E-state index in [0.29, 0.717) is 25.1 Å². The number of para-hydroxylation sites is 2. The van der Waals surface area contributed by atoms with Crippen LogP contribution in [0.25, 0.3) is 11.1 Å². The number of imidazole rings is 1. The number of fused-ring (bicyclic) bond motifs is 2. The lowest BCUT2D eigenvalue weighted by molar-refractivity contribution is -0.389. The van der Waals surface area contributed by atoms with Crippen LogP contribution in [0.15, 0.2) is 39.7 Å². The van der Waals surface area contributed by atoms with Gasteiger partial charge in [0.25, 0.3) is 0 Å². The van der Waals surface area contributed by atoms with Crippen molar-refractivity contribution in [1.82, 2.24) is 14.1 Å². The summed E-state index contributed by atoms with van der Waals surface area (Å²) < 4.78 is 14.2. The lowest BCUT2D eigenvalue weighted by atomic mass is 10.0. The Morgan fingerprint density at radius 3 is 2.96 bits per heavy atom. The first-order valence-electron chi connectivity index (χ1n) is 7.44. The molecule has 24 heavy (non-hydrogen) atoms. The fourth-order valence-corrected chi connectivity index (χ4v) is 2.99. The molecule has 0 N–H and O–H groups in total. The summed E-state index contributed by atoms with van der Waals surface area (Å²) in [6.45, 7) is 2.74. The topological polar surface area (TPSA) is 105 Å². The molecule has 1 atom stereocenters. The third kappa shape index (κ3) is 2.25. The van der Waals surface area contributed by atoms with Crippen molar-refractivity contribution in [3.05, 3.63) is 51.1 Å². The predicted molar refractivity (Wildman–Crippen MR) is 83.0 cm³/mol. The minimum atomic E-state index is -0.588. The predicted octanol–water partition coefficient (Wildman–Crippen LogP) is 1.94. The van der Waals surface area contributed by atoms with Gasteiger partial charge in [0.05, 0.1) is 12.1 Å². The average molecular weight is 330 g/mol. The van der Waals surface area contributed by atoms with Crippen molar-refractivity contribution in [3.8, 4) is 6.01 Å². The van der Waals surface area contributed by atoms with Crippen LogP contribution >= 0.6 is 0 Å². The molecule has 1 aliphatic heterocycles. The number of ether oxygens (including phenoxy) is 1. The Morgan fingerprint density at radius 1 is 1.42 bits per heavy atom. The summed E-state index contributed by atoms with van der Waals surface area (Å²) in [5, 5.41) is 10.7. The Bertz CT molecular complexity index is 975. The number of aromatic nitrogens is 3. The maximum atomic E-state index is 12.0. The summed E-state index contributed by atoms with van der Waals surface area (Å²) in [4.78, 5) is 26.0. The van der Waals surface area contributed by atoms with Crippen molar-refractivity contribution >= 4 is 16.9 Å². The maximum absolute atomic E-state index is 12.0. The van der Waals surface area contributed by atoms with Gasteiger partial charge in [-0.25, -0.2) is 4.79 Å². The first-order valence-corrected chi connectivity index (χ1v) is 7.44. The summed E-state index contributed by atoms with van der Waals surface area (Å²) in [7, 11) is 0. The summed E-state index contributed by atoms with van der Waals surface area (Å²) in [6.07, 6.45) is 1.90. The largest absolute Gasteiger partial charge is 0.438 e. The zero-order valence-electron chi connectivity index (χ0n) is 12.8. The van der Waals surface area contributed by atoms with Gasteiger partial charge in [0.15, 0.2) is 5.58 Å². The van der Waals surface area contributed by atoms with Crippen molar-refractivity contribution in [2.45, 2.75) is 32.0 Å². The van der Waals surface area contributed by atoms with E-state index >= 15 is 0 Å². The summed E-state index contributed by atoms with van der Waals surface area (Å²) in [6, 6.07) is 7.45. The number of rotatable bonds is 4. The van der Waals surface area contributed by atoms with Crippen molar-refractivity contribution in [2.24, 2.45) is 0 Å². The number of hydrogen-bond acceptors (Lipinski definition) is 6. The molecule has 1 aromatic carbocycles. The molecule has 0 radical (unpaired) electrons. The van der Waals surface area contributed by atoms with Crippen molar-refractivity contribution < 1.29 is 14.1 Å². The molecule has 0 saturated carbocycles. The molecular formula is C15H14N4O5. The van der Waals surface area contributed by atoms with Gasteiger partial charge < -0.3 is 19.3 Å². The van der Waals surface area contributed by atoms with Crippen LogP contribution in [0.1, 0.15) is 13.3 Å². The van der Waals surface area contributed by atoms with Crippen molar-refractivity contribution in [3.63, 3.8) is 0 Å². The molecule has 124 valence electrons. The highest BCUT2D eigenvalue weighted by atomic mass is 16.6. The van der Waals surface area contributed by atoms with E-state index < -0.39 is 16.3 Å². The first kappa shape index (κ1) is 14.5. The normalized spacial score (nSPS) is 19.4. The van der Waals surface area contributed by atoms with Gasteiger partial charge in [-0.05, 0) is 24.0 Å². The van der Waals surface area contributed by atoms with E-state index in [2.05, 4.69) is 4.98 Å². The monoisotopic (exact) mass is 330 g/mol. The molecular weight excluding hydrogens is 316 g/mol. The fraction of sp³-hybridized carbons (Fsp3) is 0.333. The minimum Gasteiger partial charge on any atom is -0.438 e. The van der Waals surface area contributed by atoms with Crippen LogP contribution in [0.2, 0.25) is 0 Å². The van der Waals surface area contributed by atoms with Gasteiger partial charge in [-0.15, -0.1) is 0 Å². The molecule has 3 heterocycles. The van der Waals surface area contributed by atoms with Gasteiger partial charge in [-0.3, -0.25) is 9.13 Å². The number of benzene rings is 1. The Balaban J connectivity index is 1.53. The molecule has 0 aliphatic carbocycles. The molecule has 0 spiro atoms. The molecule has 0 bridgehead atoms. The van der Waals surface area contributed by atoms with Gasteiger partial charge in [0, 0.05) is 17.9 Å². The van der Waals surface area contributed by atoms with Crippen LogP contribution in [-0.2, 0) is 13.1 Å². The quantitative estimate of drug-likeness (QED) is 0.534. The molecule has 1 unspecified atom stereocenters. The Hall–Kier alpha value is -3.10. The second-order valence-electron chi connectivity index (χ2n) is 6.06. The minimum absolute atomic E-state index is 0.230. The smallest absolute Gasteiger partial charge is 0.419 e. The molecule has 0 amide bonds. The average Bonchev–Trinajstić information content (AvgIpc) is 3.14. The summed E-state index contributed by atoms with van der Waals surface area (Å²) >= 11 is 0. The summed E-state index contributed by atoms with van der Waals surface area (Å²) in [5.74, 6) is -0.643. The molecule has 3 aromatic rings. The molecule has 4 rings (SSSR count). The SMILES string of the molecule is CC1(CCn2c(=O)oc3ccccc32)Cn2cc([N+](=O)[O-])nc2O1. The number of oxazole rings is 1. The van der Waals surface area contributed by atoms with Gasteiger partial charge in [-0.2, -0.15) is 0 Å². The van der Waals surface area contributed by atoms with Crippen LogP contribution in [0.4, 0.5) is 5.82 Å². The lowest BCUT2D eigenvalue weighted by Crippen LogP contribution is -2.34. The zero-order valence-corrected chi connectivity index (χ0v) is 12.8. The third-order valence-corrected chi connectivity index (χ3v) is 4.19. The van der Waals surface area contributed by atoms with Gasteiger partial charge in [0.1, 0.15) is 11.8 Å². The molecule has 0 saturated heterocycles. The number of hydrogen-bond donors (Lipinski definition) is 0.